The lowest BCUT2D eigenvalue weighted by atomic mass is 9.94. The van der Waals surface area contributed by atoms with Crippen LogP contribution in [-0.4, -0.2) is 22.6 Å². The van der Waals surface area contributed by atoms with Crippen LogP contribution in [0.25, 0.3) is 0 Å². The third kappa shape index (κ3) is 5.70. The molecule has 0 atom stereocenters. The monoisotopic (exact) mass is 353 g/mol. The highest BCUT2D eigenvalue weighted by Gasteiger charge is 2.30. The lowest BCUT2D eigenvalue weighted by molar-refractivity contribution is -0.137. The van der Waals surface area contributed by atoms with Crippen molar-refractivity contribution in [1.82, 2.24) is 9.97 Å². The molecule has 0 saturated heterocycles. The van der Waals surface area contributed by atoms with Gasteiger partial charge in [-0.25, -0.2) is 9.97 Å². The van der Waals surface area contributed by atoms with Crippen LogP contribution in [-0.2, 0) is 23.9 Å². The van der Waals surface area contributed by atoms with Crippen LogP contribution < -0.4 is 5.32 Å². The molecule has 1 heterocycles. The number of halogens is 3. The lowest BCUT2D eigenvalue weighted by Crippen LogP contribution is -2.34. The average Bonchev–Trinajstić information content (AvgIpc) is 2.45. The Labute approximate surface area is 145 Å². The van der Waals surface area contributed by atoms with Gasteiger partial charge in [-0.15, -0.1) is 0 Å². The maximum Gasteiger partial charge on any atom is 0.416 e. The molecule has 0 unspecified atom stereocenters. The summed E-state index contributed by atoms with van der Waals surface area (Å²) in [5, 5.41) is 3.32. The molecule has 25 heavy (non-hydrogen) atoms. The second kappa shape index (κ2) is 7.39. The van der Waals surface area contributed by atoms with E-state index in [0.717, 1.165) is 23.4 Å². The maximum atomic E-state index is 12.6. The zero-order chi connectivity index (χ0) is 18.7. The number of aromatic nitrogens is 2. The van der Waals surface area contributed by atoms with Crippen molar-refractivity contribution in [2.75, 3.05) is 12.4 Å². The summed E-state index contributed by atoms with van der Waals surface area (Å²) in [4.78, 5) is 8.69. The first-order valence-electron chi connectivity index (χ1n) is 7.87. The molecule has 0 fully saturated rings. The van der Waals surface area contributed by atoms with Crippen molar-refractivity contribution >= 4 is 5.82 Å². The number of rotatable bonds is 6. The molecule has 1 aromatic carbocycles. The van der Waals surface area contributed by atoms with Crippen LogP contribution in [0.1, 0.15) is 36.5 Å². The molecule has 0 aliphatic rings. The summed E-state index contributed by atoms with van der Waals surface area (Å²) in [6.45, 7) is 6.13. The fourth-order valence-corrected chi connectivity index (χ4v) is 2.60. The Bertz CT molecular complexity index is 712. The number of benzene rings is 1. The van der Waals surface area contributed by atoms with E-state index in [-0.39, 0.29) is 0 Å². The molecule has 7 heteroatoms. The highest BCUT2D eigenvalue weighted by Crippen LogP contribution is 2.29. The summed E-state index contributed by atoms with van der Waals surface area (Å²) in [7, 11) is 1.58. The van der Waals surface area contributed by atoms with Gasteiger partial charge in [-0.2, -0.15) is 13.2 Å². The molecule has 0 spiro atoms. The largest absolute Gasteiger partial charge is 0.416 e. The van der Waals surface area contributed by atoms with Gasteiger partial charge in [-0.1, -0.05) is 12.1 Å². The number of aryl methyl sites for hydroxylation is 1. The van der Waals surface area contributed by atoms with Crippen LogP contribution in [0.2, 0.25) is 0 Å². The Morgan fingerprint density at radius 3 is 2.28 bits per heavy atom. The SMILES string of the molecule is COCc1nc(C)cc(NC(C)(C)Cc2ccc(C(F)(F)F)cc2)n1. The Hall–Kier alpha value is -2.15. The number of nitrogens with zero attached hydrogens (tertiary/aromatic N) is 2. The second-order valence-corrected chi connectivity index (χ2v) is 6.62. The third-order valence-corrected chi connectivity index (χ3v) is 3.57. The van der Waals surface area contributed by atoms with Gasteiger partial charge in [-0.3, -0.25) is 0 Å². The second-order valence-electron chi connectivity index (χ2n) is 6.62. The number of nitrogens with one attached hydrogen (secondary N) is 1. The van der Waals surface area contributed by atoms with E-state index in [9.17, 15) is 13.2 Å². The minimum atomic E-state index is -4.32. The molecule has 2 aromatic rings. The molecule has 2 rings (SSSR count). The van der Waals surface area contributed by atoms with Gasteiger partial charge in [0.2, 0.25) is 0 Å². The molecule has 4 nitrogen and oxygen atoms in total. The van der Waals surface area contributed by atoms with Gasteiger partial charge in [0.25, 0.3) is 0 Å². The van der Waals surface area contributed by atoms with E-state index in [1.807, 2.05) is 26.8 Å². The minimum Gasteiger partial charge on any atom is -0.377 e. The van der Waals surface area contributed by atoms with Gasteiger partial charge in [0.1, 0.15) is 12.4 Å². The van der Waals surface area contributed by atoms with Crippen molar-refractivity contribution in [2.24, 2.45) is 0 Å². The zero-order valence-electron chi connectivity index (χ0n) is 14.7. The molecule has 0 bridgehead atoms. The smallest absolute Gasteiger partial charge is 0.377 e. The maximum absolute atomic E-state index is 12.6. The van der Waals surface area contributed by atoms with Crippen LogP contribution in [0.15, 0.2) is 30.3 Å². The Kier molecular flexibility index (Phi) is 5.67. The topological polar surface area (TPSA) is 47.0 Å². The van der Waals surface area contributed by atoms with Gasteiger partial charge in [0, 0.05) is 24.4 Å². The molecule has 1 aromatic heterocycles. The normalized spacial score (nSPS) is 12.3. The number of methoxy groups -OCH3 is 1. The highest BCUT2D eigenvalue weighted by atomic mass is 19.4. The number of alkyl halides is 3. The molecule has 136 valence electrons. The van der Waals surface area contributed by atoms with Crippen LogP contribution in [0.5, 0.6) is 0 Å². The number of ether oxygens (including phenoxy) is 1. The summed E-state index contributed by atoms with van der Waals surface area (Å²) in [5.74, 6) is 1.24. The van der Waals surface area contributed by atoms with Crippen molar-refractivity contribution in [3.05, 3.63) is 53.0 Å². The van der Waals surface area contributed by atoms with E-state index in [4.69, 9.17) is 4.74 Å². The molecule has 0 aliphatic heterocycles. The number of hydrogen-bond acceptors (Lipinski definition) is 4. The van der Waals surface area contributed by atoms with Gasteiger partial charge < -0.3 is 10.1 Å². The highest BCUT2D eigenvalue weighted by molar-refractivity contribution is 5.39. The molecule has 0 radical (unpaired) electrons. The predicted molar refractivity (Wildman–Crippen MR) is 90.3 cm³/mol. The molecule has 0 saturated carbocycles. The Morgan fingerprint density at radius 1 is 1.08 bits per heavy atom. The van der Waals surface area contributed by atoms with Gasteiger partial charge in [-0.05, 0) is 44.9 Å². The van der Waals surface area contributed by atoms with E-state index in [2.05, 4.69) is 15.3 Å². The van der Waals surface area contributed by atoms with Crippen LogP contribution in [0.4, 0.5) is 19.0 Å². The zero-order valence-corrected chi connectivity index (χ0v) is 14.7. The van der Waals surface area contributed by atoms with Gasteiger partial charge in [0.15, 0.2) is 5.82 Å². The summed E-state index contributed by atoms with van der Waals surface area (Å²) in [6.07, 6.45) is -3.77. The van der Waals surface area contributed by atoms with E-state index in [1.54, 1.807) is 7.11 Å². The predicted octanol–water partition coefficient (Wildman–Crippen LogP) is 4.38. The van der Waals surface area contributed by atoms with Crippen LogP contribution in [0, 0.1) is 6.92 Å². The number of hydrogen-bond donors (Lipinski definition) is 1. The van der Waals surface area contributed by atoms with Crippen molar-refractivity contribution in [3.8, 4) is 0 Å². The summed E-state index contributed by atoms with van der Waals surface area (Å²) < 4.78 is 43.0. The quantitative estimate of drug-likeness (QED) is 0.837. The molecule has 0 aliphatic carbocycles. The first kappa shape index (κ1) is 19.2. The first-order chi connectivity index (χ1) is 11.6. The van der Waals surface area contributed by atoms with Crippen molar-refractivity contribution in [3.63, 3.8) is 0 Å². The van der Waals surface area contributed by atoms with Crippen molar-refractivity contribution < 1.29 is 17.9 Å². The lowest BCUT2D eigenvalue weighted by Gasteiger charge is -2.27. The van der Waals surface area contributed by atoms with E-state index < -0.39 is 17.3 Å². The van der Waals surface area contributed by atoms with Crippen molar-refractivity contribution in [1.29, 1.82) is 0 Å². The van der Waals surface area contributed by atoms with E-state index >= 15 is 0 Å². The average molecular weight is 353 g/mol. The Balaban J connectivity index is 2.11. The van der Waals surface area contributed by atoms with Gasteiger partial charge >= 0.3 is 6.18 Å². The van der Waals surface area contributed by atoms with Crippen LogP contribution >= 0.6 is 0 Å². The standard InChI is InChI=1S/C18H22F3N3O/c1-12-9-15(23-16(22-12)11-25-4)24-17(2,3)10-13-5-7-14(8-6-13)18(19,20)21/h5-9H,10-11H2,1-4H3,(H,22,23,24). The van der Waals surface area contributed by atoms with E-state index in [0.29, 0.717) is 24.7 Å². The number of anilines is 1. The molecule has 1 N–H and O–H groups in total. The summed E-state index contributed by atoms with van der Waals surface area (Å²) >= 11 is 0. The van der Waals surface area contributed by atoms with Crippen LogP contribution in [0.3, 0.4) is 0 Å². The Morgan fingerprint density at radius 2 is 1.72 bits per heavy atom. The fraction of sp³-hybridized carbons (Fsp3) is 0.444. The molecular weight excluding hydrogens is 331 g/mol. The van der Waals surface area contributed by atoms with Crippen molar-refractivity contribution in [2.45, 2.75) is 45.5 Å². The third-order valence-electron chi connectivity index (χ3n) is 3.57. The fourth-order valence-electron chi connectivity index (χ4n) is 2.60. The molecule has 0 amide bonds. The van der Waals surface area contributed by atoms with Gasteiger partial charge in [0.05, 0.1) is 5.56 Å². The van der Waals surface area contributed by atoms with E-state index in [1.165, 1.54) is 12.1 Å². The minimum absolute atomic E-state index is 0.315. The first-order valence-corrected chi connectivity index (χ1v) is 7.87. The summed E-state index contributed by atoms with van der Waals surface area (Å²) in [5.41, 5.74) is 0.589. The summed E-state index contributed by atoms with van der Waals surface area (Å²) in [6, 6.07) is 7.06. The molecular formula is C18H22F3N3O.